The first kappa shape index (κ1) is 15.0. The number of hydrogen-bond acceptors (Lipinski definition) is 4. The van der Waals surface area contributed by atoms with Crippen LogP contribution in [0.1, 0.15) is 19.8 Å². The molecule has 1 aromatic rings. The Morgan fingerprint density at radius 1 is 1.71 bits per heavy atom. The summed E-state index contributed by atoms with van der Waals surface area (Å²) in [7, 11) is -3.50. The van der Waals surface area contributed by atoms with Gasteiger partial charge in [-0.05, 0) is 33.8 Å². The van der Waals surface area contributed by atoms with E-state index in [1.54, 1.807) is 11.4 Å². The summed E-state index contributed by atoms with van der Waals surface area (Å²) < 4.78 is 27.5. The maximum atomic E-state index is 12.1. The van der Waals surface area contributed by atoms with Crippen molar-refractivity contribution in [2.24, 2.45) is 5.73 Å². The summed E-state index contributed by atoms with van der Waals surface area (Å²) in [5, 5.41) is 1.72. The summed E-state index contributed by atoms with van der Waals surface area (Å²) in [6, 6.07) is 1.44. The molecule has 0 aliphatic carbocycles. The number of rotatable bonds is 6. The Morgan fingerprint density at radius 3 is 2.76 bits per heavy atom. The van der Waals surface area contributed by atoms with Crippen molar-refractivity contribution in [2.45, 2.75) is 30.0 Å². The minimum absolute atomic E-state index is 0.258. The van der Waals surface area contributed by atoms with Crippen LogP contribution in [0.4, 0.5) is 0 Å². The molecule has 0 saturated carbocycles. The summed E-state index contributed by atoms with van der Waals surface area (Å²) >= 11 is 9.16. The second-order valence-electron chi connectivity index (χ2n) is 3.45. The SMILES string of the molecule is CCC(CC(N)=S)NS(=O)(=O)c1sccc1Br. The smallest absolute Gasteiger partial charge is 0.251 e. The fourth-order valence-electron chi connectivity index (χ4n) is 1.26. The topological polar surface area (TPSA) is 72.2 Å². The minimum Gasteiger partial charge on any atom is -0.393 e. The van der Waals surface area contributed by atoms with Crippen LogP contribution in [0.25, 0.3) is 0 Å². The van der Waals surface area contributed by atoms with Gasteiger partial charge >= 0.3 is 0 Å². The van der Waals surface area contributed by atoms with Gasteiger partial charge in [-0.25, -0.2) is 13.1 Å². The van der Waals surface area contributed by atoms with E-state index in [9.17, 15) is 8.42 Å². The lowest BCUT2D eigenvalue weighted by atomic mass is 10.2. The second kappa shape index (κ2) is 6.24. The molecule has 0 aliphatic heterocycles. The van der Waals surface area contributed by atoms with Gasteiger partial charge in [0.05, 0.1) is 4.99 Å². The molecule has 3 N–H and O–H groups in total. The van der Waals surface area contributed by atoms with E-state index in [2.05, 4.69) is 20.7 Å². The average molecular weight is 357 g/mol. The van der Waals surface area contributed by atoms with Crippen molar-refractivity contribution in [3.8, 4) is 0 Å². The maximum absolute atomic E-state index is 12.1. The van der Waals surface area contributed by atoms with Crippen molar-refractivity contribution < 1.29 is 8.42 Å². The lowest BCUT2D eigenvalue weighted by Gasteiger charge is -2.15. The van der Waals surface area contributed by atoms with Crippen molar-refractivity contribution >= 4 is 54.5 Å². The molecule has 8 heteroatoms. The van der Waals surface area contributed by atoms with Crippen molar-refractivity contribution in [1.82, 2.24) is 4.72 Å². The molecule has 0 saturated heterocycles. The van der Waals surface area contributed by atoms with Gasteiger partial charge < -0.3 is 5.73 Å². The number of sulfonamides is 1. The summed E-state index contributed by atoms with van der Waals surface area (Å²) in [6.45, 7) is 1.88. The van der Waals surface area contributed by atoms with E-state index in [-0.39, 0.29) is 10.3 Å². The molecular formula is C9H13BrN2O2S3. The molecule has 0 radical (unpaired) electrons. The quantitative estimate of drug-likeness (QED) is 0.766. The molecule has 0 aromatic carbocycles. The fraction of sp³-hybridized carbons (Fsp3) is 0.444. The van der Waals surface area contributed by atoms with Gasteiger partial charge in [-0.15, -0.1) is 11.3 Å². The van der Waals surface area contributed by atoms with Gasteiger partial charge in [0.2, 0.25) is 0 Å². The summed E-state index contributed by atoms with van der Waals surface area (Å²) in [5.41, 5.74) is 5.43. The van der Waals surface area contributed by atoms with Crippen LogP contribution < -0.4 is 10.5 Å². The Balaban J connectivity index is 2.86. The van der Waals surface area contributed by atoms with E-state index >= 15 is 0 Å². The predicted molar refractivity (Wildman–Crippen MR) is 77.8 cm³/mol. The number of hydrogen-bond donors (Lipinski definition) is 2. The molecular weight excluding hydrogens is 344 g/mol. The first-order valence-electron chi connectivity index (χ1n) is 4.90. The van der Waals surface area contributed by atoms with Gasteiger partial charge in [0.15, 0.2) is 0 Å². The molecule has 0 fully saturated rings. The monoisotopic (exact) mass is 356 g/mol. The first-order chi connectivity index (χ1) is 7.86. The fourth-order valence-corrected chi connectivity index (χ4v) is 5.13. The van der Waals surface area contributed by atoms with Gasteiger partial charge in [0.1, 0.15) is 4.21 Å². The molecule has 0 bridgehead atoms. The molecule has 1 unspecified atom stereocenters. The standard InChI is InChI=1S/C9H13BrN2O2S3/c1-2-6(5-8(11)15)12-17(13,14)9-7(10)3-4-16-9/h3-4,6,12H,2,5H2,1H3,(H2,11,15). The van der Waals surface area contributed by atoms with Crippen LogP contribution in [0.3, 0.4) is 0 Å². The van der Waals surface area contributed by atoms with Gasteiger partial charge in [-0.3, -0.25) is 0 Å². The molecule has 0 aliphatic rings. The van der Waals surface area contributed by atoms with Crippen LogP contribution in [-0.4, -0.2) is 19.4 Å². The number of nitrogens with two attached hydrogens (primary N) is 1. The summed E-state index contributed by atoms with van der Waals surface area (Å²) in [5.74, 6) is 0. The highest BCUT2D eigenvalue weighted by atomic mass is 79.9. The highest BCUT2D eigenvalue weighted by Gasteiger charge is 2.22. The average Bonchev–Trinajstić information content (AvgIpc) is 2.63. The number of thiocarbonyl (C=S) groups is 1. The minimum atomic E-state index is -3.50. The highest BCUT2D eigenvalue weighted by molar-refractivity contribution is 9.10. The molecule has 96 valence electrons. The molecule has 0 spiro atoms. The third-order valence-electron chi connectivity index (χ3n) is 2.09. The molecule has 4 nitrogen and oxygen atoms in total. The Hall–Kier alpha value is -0.0200. The van der Waals surface area contributed by atoms with Gasteiger partial charge in [0, 0.05) is 16.9 Å². The van der Waals surface area contributed by atoms with Crippen molar-refractivity contribution in [3.63, 3.8) is 0 Å². The molecule has 17 heavy (non-hydrogen) atoms. The molecule has 1 heterocycles. The lowest BCUT2D eigenvalue weighted by molar-refractivity contribution is 0.548. The van der Waals surface area contributed by atoms with Crippen molar-refractivity contribution in [3.05, 3.63) is 15.9 Å². The molecule has 0 amide bonds. The molecule has 1 rings (SSSR count). The van der Waals surface area contributed by atoms with E-state index in [4.69, 9.17) is 18.0 Å². The largest absolute Gasteiger partial charge is 0.393 e. The van der Waals surface area contributed by atoms with Crippen LogP contribution in [0.15, 0.2) is 20.1 Å². The Kier molecular flexibility index (Phi) is 5.52. The zero-order valence-electron chi connectivity index (χ0n) is 9.14. The Morgan fingerprint density at radius 2 is 2.35 bits per heavy atom. The molecule has 1 aromatic heterocycles. The van der Waals surface area contributed by atoms with Gasteiger partial charge in [-0.1, -0.05) is 19.1 Å². The van der Waals surface area contributed by atoms with E-state index in [1.165, 1.54) is 11.3 Å². The Bertz CT molecular complexity index is 498. The van der Waals surface area contributed by atoms with E-state index < -0.39 is 10.0 Å². The van der Waals surface area contributed by atoms with Crippen LogP contribution in [0, 0.1) is 0 Å². The molecule has 1 atom stereocenters. The third kappa shape index (κ3) is 4.29. The van der Waals surface area contributed by atoms with E-state index in [1.807, 2.05) is 6.92 Å². The normalized spacial score (nSPS) is 13.5. The van der Waals surface area contributed by atoms with Gasteiger partial charge in [0.25, 0.3) is 10.0 Å². The zero-order valence-corrected chi connectivity index (χ0v) is 13.2. The van der Waals surface area contributed by atoms with Crippen LogP contribution in [0.2, 0.25) is 0 Å². The lowest BCUT2D eigenvalue weighted by Crippen LogP contribution is -2.36. The van der Waals surface area contributed by atoms with Crippen molar-refractivity contribution in [1.29, 1.82) is 0 Å². The predicted octanol–water partition coefficient (Wildman–Crippen LogP) is 2.24. The second-order valence-corrected chi connectivity index (χ2v) is 7.66. The van der Waals surface area contributed by atoms with Crippen LogP contribution in [0.5, 0.6) is 0 Å². The number of halogens is 1. The van der Waals surface area contributed by atoms with Crippen LogP contribution >= 0.6 is 39.5 Å². The van der Waals surface area contributed by atoms with E-state index in [0.29, 0.717) is 22.3 Å². The summed E-state index contributed by atoms with van der Waals surface area (Å²) in [6.07, 6.45) is 1.01. The summed E-state index contributed by atoms with van der Waals surface area (Å²) in [4.78, 5) is 0.310. The maximum Gasteiger partial charge on any atom is 0.251 e. The van der Waals surface area contributed by atoms with Crippen molar-refractivity contribution in [2.75, 3.05) is 0 Å². The third-order valence-corrected chi connectivity index (χ3v) is 6.45. The Labute approximate surface area is 119 Å². The van der Waals surface area contributed by atoms with Gasteiger partial charge in [-0.2, -0.15) is 0 Å². The number of nitrogens with one attached hydrogen (secondary N) is 1. The van der Waals surface area contributed by atoms with E-state index in [0.717, 1.165) is 0 Å². The zero-order chi connectivity index (χ0) is 13.1. The number of thiophene rings is 1. The van der Waals surface area contributed by atoms with Crippen LogP contribution in [-0.2, 0) is 10.0 Å². The highest BCUT2D eigenvalue weighted by Crippen LogP contribution is 2.27. The first-order valence-corrected chi connectivity index (χ1v) is 8.47.